The Morgan fingerprint density at radius 1 is 1.31 bits per heavy atom. The first-order chi connectivity index (χ1) is 7.74. The van der Waals surface area contributed by atoms with E-state index >= 15 is 0 Å². The van der Waals surface area contributed by atoms with Crippen LogP contribution in [0.15, 0.2) is 34.9 Å². The highest BCUT2D eigenvalue weighted by atomic mass is 35.5. The number of halogens is 1. The summed E-state index contributed by atoms with van der Waals surface area (Å²) in [6.07, 6.45) is 1.71. The number of aryl methyl sites for hydroxylation is 1. The van der Waals surface area contributed by atoms with Gasteiger partial charge >= 0.3 is 0 Å². The summed E-state index contributed by atoms with van der Waals surface area (Å²) < 4.78 is 7.21. The van der Waals surface area contributed by atoms with E-state index in [4.69, 9.17) is 16.0 Å². The van der Waals surface area contributed by atoms with E-state index in [9.17, 15) is 0 Å². The Balaban J connectivity index is 2.22. The lowest BCUT2D eigenvalue weighted by Gasteiger charge is -1.87. The zero-order valence-corrected chi connectivity index (χ0v) is 9.27. The Hall–Kier alpha value is -1.81. The Morgan fingerprint density at radius 3 is 2.81 bits per heavy atom. The standard InChI is InChI=1S/C11H8ClN3O/c1-15-6-7(12)10(14-15)11-13-8-4-2-3-5-9(8)16-11/h2-6H,1H3. The average Bonchev–Trinajstić information content (AvgIpc) is 2.81. The maximum absolute atomic E-state index is 6.02. The molecule has 3 rings (SSSR count). The van der Waals surface area contributed by atoms with Crippen molar-refractivity contribution in [1.29, 1.82) is 0 Å². The van der Waals surface area contributed by atoms with Gasteiger partial charge in [0.15, 0.2) is 11.3 Å². The van der Waals surface area contributed by atoms with E-state index in [0.29, 0.717) is 16.6 Å². The number of hydrogen-bond acceptors (Lipinski definition) is 3. The van der Waals surface area contributed by atoms with Crippen molar-refractivity contribution >= 4 is 22.7 Å². The van der Waals surface area contributed by atoms with Crippen molar-refractivity contribution in [3.8, 4) is 11.6 Å². The molecule has 0 bridgehead atoms. The predicted molar refractivity (Wildman–Crippen MR) is 61.2 cm³/mol. The van der Waals surface area contributed by atoms with Gasteiger partial charge in [-0.05, 0) is 12.1 Å². The first kappa shape index (κ1) is 9.42. The van der Waals surface area contributed by atoms with Crippen molar-refractivity contribution in [3.63, 3.8) is 0 Å². The molecule has 0 saturated carbocycles. The Bertz CT molecular complexity index is 623. The highest BCUT2D eigenvalue weighted by Crippen LogP contribution is 2.28. The predicted octanol–water partition coefficient (Wildman–Crippen LogP) is 2.88. The van der Waals surface area contributed by atoms with Crippen LogP contribution < -0.4 is 0 Å². The molecule has 0 aliphatic heterocycles. The van der Waals surface area contributed by atoms with Crippen LogP contribution in [-0.4, -0.2) is 14.8 Å². The molecular formula is C11H8ClN3O. The second kappa shape index (κ2) is 3.35. The van der Waals surface area contributed by atoms with Crippen LogP contribution in [0, 0.1) is 0 Å². The fraction of sp³-hybridized carbons (Fsp3) is 0.0909. The molecule has 2 aromatic heterocycles. The second-order valence-corrected chi connectivity index (χ2v) is 3.89. The fourth-order valence-electron chi connectivity index (χ4n) is 1.58. The van der Waals surface area contributed by atoms with E-state index in [1.807, 2.05) is 24.3 Å². The third-order valence-electron chi connectivity index (χ3n) is 2.28. The van der Waals surface area contributed by atoms with Crippen LogP contribution in [-0.2, 0) is 7.05 Å². The molecule has 80 valence electrons. The molecule has 0 N–H and O–H groups in total. The number of fused-ring (bicyclic) bond motifs is 1. The molecular weight excluding hydrogens is 226 g/mol. The van der Waals surface area contributed by atoms with E-state index < -0.39 is 0 Å². The van der Waals surface area contributed by atoms with Crippen molar-refractivity contribution in [1.82, 2.24) is 14.8 Å². The van der Waals surface area contributed by atoms with E-state index in [-0.39, 0.29) is 0 Å². The fourth-order valence-corrected chi connectivity index (χ4v) is 1.84. The molecule has 2 heterocycles. The van der Waals surface area contributed by atoms with Crippen LogP contribution in [0.3, 0.4) is 0 Å². The van der Waals surface area contributed by atoms with Gasteiger partial charge in [-0.15, -0.1) is 0 Å². The quantitative estimate of drug-likeness (QED) is 0.649. The lowest BCUT2D eigenvalue weighted by atomic mass is 10.3. The van der Waals surface area contributed by atoms with Crippen LogP contribution in [0.2, 0.25) is 5.02 Å². The average molecular weight is 234 g/mol. The van der Waals surface area contributed by atoms with Gasteiger partial charge in [0.25, 0.3) is 0 Å². The van der Waals surface area contributed by atoms with Gasteiger partial charge in [-0.3, -0.25) is 4.68 Å². The van der Waals surface area contributed by atoms with Gasteiger partial charge in [0.05, 0.1) is 5.02 Å². The SMILES string of the molecule is Cn1cc(Cl)c(-c2nc3ccccc3o2)n1. The van der Waals surface area contributed by atoms with Crippen molar-refractivity contribution < 1.29 is 4.42 Å². The molecule has 16 heavy (non-hydrogen) atoms. The molecule has 0 atom stereocenters. The third kappa shape index (κ3) is 1.39. The zero-order valence-electron chi connectivity index (χ0n) is 8.51. The molecule has 0 unspecified atom stereocenters. The summed E-state index contributed by atoms with van der Waals surface area (Å²) >= 11 is 6.02. The van der Waals surface area contributed by atoms with Gasteiger partial charge < -0.3 is 4.42 Å². The number of oxazole rings is 1. The van der Waals surface area contributed by atoms with Gasteiger partial charge in [-0.1, -0.05) is 23.7 Å². The molecule has 1 aromatic carbocycles. The van der Waals surface area contributed by atoms with Crippen LogP contribution in [0.25, 0.3) is 22.7 Å². The largest absolute Gasteiger partial charge is 0.435 e. The summed E-state index contributed by atoms with van der Waals surface area (Å²) in [5.74, 6) is 0.451. The first-order valence-electron chi connectivity index (χ1n) is 4.79. The van der Waals surface area contributed by atoms with Crippen LogP contribution in [0.5, 0.6) is 0 Å². The molecule has 0 fully saturated rings. The van der Waals surface area contributed by atoms with Crippen molar-refractivity contribution in [2.45, 2.75) is 0 Å². The number of benzene rings is 1. The minimum absolute atomic E-state index is 0.451. The minimum Gasteiger partial charge on any atom is -0.435 e. The number of aromatic nitrogens is 3. The first-order valence-corrected chi connectivity index (χ1v) is 5.17. The molecule has 5 heteroatoms. The van der Waals surface area contributed by atoms with Crippen LogP contribution in [0.4, 0.5) is 0 Å². The van der Waals surface area contributed by atoms with Crippen LogP contribution >= 0.6 is 11.6 Å². The maximum Gasteiger partial charge on any atom is 0.249 e. The van der Waals surface area contributed by atoms with E-state index in [1.54, 1.807) is 17.9 Å². The summed E-state index contributed by atoms with van der Waals surface area (Å²) in [7, 11) is 1.80. The Morgan fingerprint density at radius 2 is 2.12 bits per heavy atom. The number of hydrogen-bond donors (Lipinski definition) is 0. The Labute approximate surface area is 96.5 Å². The van der Waals surface area contributed by atoms with Gasteiger partial charge in [-0.25, -0.2) is 4.98 Å². The molecule has 0 radical (unpaired) electrons. The molecule has 0 aliphatic rings. The van der Waals surface area contributed by atoms with E-state index in [0.717, 1.165) is 11.1 Å². The van der Waals surface area contributed by atoms with Gasteiger partial charge in [-0.2, -0.15) is 5.10 Å². The molecule has 0 saturated heterocycles. The van der Waals surface area contributed by atoms with Crippen molar-refractivity contribution in [2.24, 2.45) is 7.05 Å². The number of para-hydroxylation sites is 2. The lowest BCUT2D eigenvalue weighted by Crippen LogP contribution is -1.87. The van der Waals surface area contributed by atoms with Gasteiger partial charge in [0.1, 0.15) is 5.52 Å². The summed E-state index contributed by atoms with van der Waals surface area (Å²) in [6.45, 7) is 0. The third-order valence-corrected chi connectivity index (χ3v) is 2.56. The van der Waals surface area contributed by atoms with Crippen LogP contribution in [0.1, 0.15) is 0 Å². The normalized spacial score (nSPS) is 11.1. The minimum atomic E-state index is 0.451. The highest BCUT2D eigenvalue weighted by molar-refractivity contribution is 6.32. The van der Waals surface area contributed by atoms with E-state index in [1.165, 1.54) is 0 Å². The second-order valence-electron chi connectivity index (χ2n) is 3.49. The summed E-state index contributed by atoms with van der Waals surface area (Å²) in [5.41, 5.74) is 2.11. The Kier molecular flexibility index (Phi) is 1.97. The monoisotopic (exact) mass is 233 g/mol. The molecule has 4 nitrogen and oxygen atoms in total. The molecule has 0 aliphatic carbocycles. The van der Waals surface area contributed by atoms with Crippen molar-refractivity contribution in [2.75, 3.05) is 0 Å². The number of nitrogens with zero attached hydrogens (tertiary/aromatic N) is 3. The topological polar surface area (TPSA) is 43.9 Å². The maximum atomic E-state index is 6.02. The number of rotatable bonds is 1. The summed E-state index contributed by atoms with van der Waals surface area (Å²) in [4.78, 5) is 4.33. The smallest absolute Gasteiger partial charge is 0.249 e. The van der Waals surface area contributed by atoms with Crippen molar-refractivity contribution in [3.05, 3.63) is 35.5 Å². The lowest BCUT2D eigenvalue weighted by molar-refractivity contribution is 0.613. The highest BCUT2D eigenvalue weighted by Gasteiger charge is 2.14. The molecule has 3 aromatic rings. The van der Waals surface area contributed by atoms with Gasteiger partial charge in [0, 0.05) is 13.2 Å². The molecule has 0 spiro atoms. The van der Waals surface area contributed by atoms with Gasteiger partial charge in [0.2, 0.25) is 5.89 Å². The molecule has 0 amide bonds. The summed E-state index contributed by atoms with van der Waals surface area (Å²) in [5, 5.41) is 4.74. The summed E-state index contributed by atoms with van der Waals surface area (Å²) in [6, 6.07) is 7.56. The zero-order chi connectivity index (χ0) is 11.1. The van der Waals surface area contributed by atoms with E-state index in [2.05, 4.69) is 10.1 Å².